The fourth-order valence-electron chi connectivity index (χ4n) is 4.98. The molecule has 6 nitrogen and oxygen atoms in total. The number of aldehydes is 1. The first-order valence-electron chi connectivity index (χ1n) is 15.0. The number of likely N-dealkylation sites (tertiary alicyclic amines) is 1. The monoisotopic (exact) mass is 633 g/mol. The van der Waals surface area contributed by atoms with Crippen LogP contribution in [0.2, 0.25) is 5.02 Å². The highest BCUT2D eigenvalue weighted by Crippen LogP contribution is 2.38. The van der Waals surface area contributed by atoms with Crippen LogP contribution in [0.15, 0.2) is 59.5 Å². The van der Waals surface area contributed by atoms with Crippen molar-refractivity contribution in [2.75, 3.05) is 20.1 Å². The number of piperidine rings is 1. The van der Waals surface area contributed by atoms with Gasteiger partial charge < -0.3 is 24.9 Å². The molecule has 0 bridgehead atoms. The van der Waals surface area contributed by atoms with Crippen molar-refractivity contribution in [3.05, 3.63) is 65.2 Å². The molecule has 3 aromatic rings. The van der Waals surface area contributed by atoms with Gasteiger partial charge in [0.25, 0.3) is 5.92 Å². The molecule has 234 valence electrons. The van der Waals surface area contributed by atoms with Gasteiger partial charge in [-0.1, -0.05) is 29.8 Å². The molecule has 0 aromatic heterocycles. The zero-order valence-corrected chi connectivity index (χ0v) is 26.2. The largest absolute Gasteiger partial charge is 0.490 e. The standard InChI is InChI=1S/C15H17NOS.C12H11ClF2O2.C6H14N2/c16-18-15-8-6-11-9-14(7-5-12(11)10-15)17-13-3-1-2-4-13;13-10-4-1-8(12(14,15)5-6-16)7-11(10)17-9-2-3-9;1-8-4-2-6(7)3-5-8/h5-10,13H,1-4,16H2;1,4,6-7,9H,2-3,5H2;6H,2-5,7H2,1H3. The van der Waals surface area contributed by atoms with E-state index in [1.165, 1.54) is 92.5 Å². The minimum atomic E-state index is -3.17. The van der Waals surface area contributed by atoms with Crippen molar-refractivity contribution in [3.63, 3.8) is 0 Å². The highest BCUT2D eigenvalue weighted by atomic mass is 35.5. The lowest BCUT2D eigenvalue weighted by Gasteiger charge is -2.25. The summed E-state index contributed by atoms with van der Waals surface area (Å²) in [7, 11) is 2.14. The minimum Gasteiger partial charge on any atom is -0.490 e. The number of hydrogen-bond acceptors (Lipinski definition) is 7. The van der Waals surface area contributed by atoms with Crippen molar-refractivity contribution in [2.24, 2.45) is 10.9 Å². The highest BCUT2D eigenvalue weighted by Gasteiger charge is 2.32. The van der Waals surface area contributed by atoms with Gasteiger partial charge in [-0.05, 0) is 131 Å². The van der Waals surface area contributed by atoms with Crippen LogP contribution in [0.4, 0.5) is 8.78 Å². The Balaban J connectivity index is 0.000000158. The lowest BCUT2D eigenvalue weighted by atomic mass is 10.1. The van der Waals surface area contributed by atoms with Gasteiger partial charge in [0.05, 0.1) is 23.7 Å². The molecular weight excluding hydrogens is 592 g/mol. The van der Waals surface area contributed by atoms with Crippen molar-refractivity contribution >= 4 is 40.6 Å². The summed E-state index contributed by atoms with van der Waals surface area (Å²) in [6.07, 6.45) is 9.06. The number of ether oxygens (including phenoxy) is 2. The van der Waals surface area contributed by atoms with Gasteiger partial charge in [-0.15, -0.1) is 0 Å². The topological polar surface area (TPSA) is 90.8 Å². The Morgan fingerprint density at radius 2 is 1.58 bits per heavy atom. The maximum Gasteiger partial charge on any atom is 0.279 e. The summed E-state index contributed by atoms with van der Waals surface area (Å²) in [5.74, 6) is -1.92. The molecule has 1 aliphatic heterocycles. The number of carbonyl (C=O) groups is 1. The summed E-state index contributed by atoms with van der Waals surface area (Å²) in [6.45, 7) is 2.36. The van der Waals surface area contributed by atoms with E-state index >= 15 is 0 Å². The molecule has 2 saturated carbocycles. The molecule has 1 heterocycles. The third kappa shape index (κ3) is 10.6. The summed E-state index contributed by atoms with van der Waals surface area (Å²) in [4.78, 5) is 13.6. The van der Waals surface area contributed by atoms with Crippen molar-refractivity contribution < 1.29 is 23.0 Å². The Hall–Kier alpha value is -2.43. The van der Waals surface area contributed by atoms with Crippen molar-refractivity contribution in [2.45, 2.75) is 86.9 Å². The quantitative estimate of drug-likeness (QED) is 0.194. The first kappa shape index (κ1) is 33.5. The van der Waals surface area contributed by atoms with Crippen LogP contribution < -0.4 is 20.3 Å². The maximum atomic E-state index is 13.5. The van der Waals surface area contributed by atoms with Crippen LogP contribution in [-0.4, -0.2) is 49.6 Å². The van der Waals surface area contributed by atoms with Gasteiger partial charge in [0, 0.05) is 16.5 Å². The molecule has 4 N–H and O–H groups in total. The fraction of sp³-hybridized carbons (Fsp3) is 0.485. The van der Waals surface area contributed by atoms with Crippen LogP contribution in [-0.2, 0) is 10.7 Å². The van der Waals surface area contributed by atoms with E-state index in [1.54, 1.807) is 0 Å². The third-order valence-corrected chi connectivity index (χ3v) is 8.64. The Bertz CT molecular complexity index is 1320. The van der Waals surface area contributed by atoms with E-state index in [4.69, 9.17) is 31.9 Å². The summed E-state index contributed by atoms with van der Waals surface area (Å²) in [6, 6.07) is 16.8. The Morgan fingerprint density at radius 3 is 2.21 bits per heavy atom. The van der Waals surface area contributed by atoms with E-state index < -0.39 is 12.3 Å². The number of carbonyl (C=O) groups excluding carboxylic acids is 1. The Kier molecular flexibility index (Phi) is 12.5. The number of nitrogens with two attached hydrogens (primary N) is 2. The first-order chi connectivity index (χ1) is 20.7. The van der Waals surface area contributed by atoms with Crippen LogP contribution in [0, 0.1) is 0 Å². The molecular formula is C33H42ClF2N3O3S. The molecule has 2 aliphatic carbocycles. The van der Waals surface area contributed by atoms with Crippen LogP contribution >= 0.6 is 23.5 Å². The van der Waals surface area contributed by atoms with Crippen molar-refractivity contribution in [1.29, 1.82) is 0 Å². The second-order valence-corrected chi connectivity index (χ2v) is 12.6. The highest BCUT2D eigenvalue weighted by molar-refractivity contribution is 7.97. The average Bonchev–Trinajstić information content (AvgIpc) is 3.67. The number of rotatable bonds is 8. The molecule has 0 amide bonds. The molecule has 0 unspecified atom stereocenters. The molecule has 3 fully saturated rings. The maximum absolute atomic E-state index is 13.5. The van der Waals surface area contributed by atoms with Gasteiger partial charge in [0.2, 0.25) is 0 Å². The van der Waals surface area contributed by atoms with Gasteiger partial charge in [-0.2, -0.15) is 0 Å². The van der Waals surface area contributed by atoms with E-state index in [-0.39, 0.29) is 23.7 Å². The average molecular weight is 634 g/mol. The number of fused-ring (bicyclic) bond motifs is 1. The summed E-state index contributed by atoms with van der Waals surface area (Å²) < 4.78 is 38.4. The number of benzene rings is 3. The molecule has 0 atom stereocenters. The molecule has 43 heavy (non-hydrogen) atoms. The number of halogens is 3. The molecule has 6 rings (SSSR count). The van der Waals surface area contributed by atoms with Crippen molar-refractivity contribution in [3.8, 4) is 11.5 Å². The van der Waals surface area contributed by atoms with Gasteiger partial charge in [0.1, 0.15) is 17.8 Å². The zero-order valence-electron chi connectivity index (χ0n) is 24.7. The lowest BCUT2D eigenvalue weighted by molar-refractivity contribution is -0.115. The lowest BCUT2D eigenvalue weighted by Crippen LogP contribution is -2.37. The Morgan fingerprint density at radius 1 is 0.930 bits per heavy atom. The summed E-state index contributed by atoms with van der Waals surface area (Å²) >= 11 is 7.14. The normalized spacial score (nSPS) is 17.9. The second kappa shape index (κ2) is 16.0. The van der Waals surface area contributed by atoms with Crippen LogP contribution in [0.1, 0.15) is 63.4 Å². The van der Waals surface area contributed by atoms with E-state index in [0.29, 0.717) is 17.2 Å². The molecule has 1 saturated heterocycles. The molecule has 3 aliphatic rings. The van der Waals surface area contributed by atoms with Gasteiger partial charge in [-0.3, -0.25) is 5.14 Å². The number of alkyl halides is 2. The smallest absolute Gasteiger partial charge is 0.279 e. The zero-order chi connectivity index (χ0) is 30.8. The van der Waals surface area contributed by atoms with Crippen LogP contribution in [0.3, 0.4) is 0 Å². The molecule has 0 radical (unpaired) electrons. The van der Waals surface area contributed by atoms with Crippen LogP contribution in [0.25, 0.3) is 10.8 Å². The Labute approximate surface area is 262 Å². The molecule has 3 aromatic carbocycles. The third-order valence-electron chi connectivity index (χ3n) is 7.80. The predicted octanol–water partition coefficient (Wildman–Crippen LogP) is 7.73. The first-order valence-corrected chi connectivity index (χ1v) is 16.2. The van der Waals surface area contributed by atoms with Gasteiger partial charge in [-0.25, -0.2) is 8.78 Å². The van der Waals surface area contributed by atoms with E-state index in [2.05, 4.69) is 42.3 Å². The molecule has 0 spiro atoms. The SMILES string of the molecule is CN1CCC(N)CC1.NSc1ccc2cc(OC3CCCC3)ccc2c1.O=CCC(F)(F)c1ccc(Cl)c(OC2CC2)c1. The van der Waals surface area contributed by atoms with Crippen molar-refractivity contribution in [1.82, 2.24) is 4.90 Å². The van der Waals surface area contributed by atoms with Gasteiger partial charge in [0.15, 0.2) is 0 Å². The number of nitrogens with zero attached hydrogens (tertiary/aromatic N) is 1. The van der Waals surface area contributed by atoms with Gasteiger partial charge >= 0.3 is 0 Å². The second-order valence-electron chi connectivity index (χ2n) is 11.5. The molecule has 10 heteroatoms. The predicted molar refractivity (Wildman–Crippen MR) is 171 cm³/mol. The number of hydrogen-bond donors (Lipinski definition) is 2. The van der Waals surface area contributed by atoms with E-state index in [9.17, 15) is 13.6 Å². The van der Waals surface area contributed by atoms with E-state index in [1.807, 2.05) is 6.07 Å². The fourth-order valence-corrected chi connectivity index (χ4v) is 5.49. The van der Waals surface area contributed by atoms with Crippen LogP contribution in [0.5, 0.6) is 11.5 Å². The summed E-state index contributed by atoms with van der Waals surface area (Å²) in [5, 5.41) is 8.30. The van der Waals surface area contributed by atoms with E-state index in [0.717, 1.165) is 23.5 Å². The minimum absolute atomic E-state index is 0.0856. The summed E-state index contributed by atoms with van der Waals surface area (Å²) in [5.41, 5.74) is 5.42.